The lowest BCUT2D eigenvalue weighted by molar-refractivity contribution is -0.115. The second-order valence-electron chi connectivity index (χ2n) is 5.28. The van der Waals surface area contributed by atoms with E-state index in [-0.39, 0.29) is 5.91 Å². The SMILES string of the molecule is CN1CC(=O)Nc2ccc(CN3CCNCC3)cc21. The van der Waals surface area contributed by atoms with Gasteiger partial charge in [0, 0.05) is 39.8 Å². The van der Waals surface area contributed by atoms with Gasteiger partial charge in [-0.2, -0.15) is 0 Å². The summed E-state index contributed by atoms with van der Waals surface area (Å²) in [5.74, 6) is 0.0601. The zero-order valence-corrected chi connectivity index (χ0v) is 11.3. The van der Waals surface area contributed by atoms with Gasteiger partial charge in [-0.3, -0.25) is 9.69 Å². The number of carbonyl (C=O) groups excluding carboxylic acids is 1. The Morgan fingerprint density at radius 3 is 2.84 bits per heavy atom. The summed E-state index contributed by atoms with van der Waals surface area (Å²) in [7, 11) is 1.96. The second-order valence-corrected chi connectivity index (χ2v) is 5.28. The molecule has 1 aromatic rings. The van der Waals surface area contributed by atoms with Gasteiger partial charge < -0.3 is 15.5 Å². The van der Waals surface area contributed by atoms with Crippen LogP contribution in [0, 0.1) is 0 Å². The Kier molecular flexibility index (Phi) is 3.40. The fourth-order valence-corrected chi connectivity index (χ4v) is 2.71. The average Bonchev–Trinajstić information content (AvgIpc) is 2.40. The molecule has 3 rings (SSSR count). The predicted octanol–water partition coefficient (Wildman–Crippen LogP) is 0.480. The number of anilines is 2. The molecule has 0 bridgehead atoms. The maximum atomic E-state index is 11.5. The van der Waals surface area contributed by atoms with Crippen LogP contribution in [-0.4, -0.2) is 50.6 Å². The van der Waals surface area contributed by atoms with Crippen LogP contribution in [-0.2, 0) is 11.3 Å². The Morgan fingerprint density at radius 2 is 2.05 bits per heavy atom. The number of carbonyl (C=O) groups is 1. The zero-order chi connectivity index (χ0) is 13.2. The maximum absolute atomic E-state index is 11.5. The molecule has 2 N–H and O–H groups in total. The highest BCUT2D eigenvalue weighted by atomic mass is 16.2. The fourth-order valence-electron chi connectivity index (χ4n) is 2.71. The molecule has 5 heteroatoms. The van der Waals surface area contributed by atoms with Crippen LogP contribution in [0.25, 0.3) is 0 Å². The minimum atomic E-state index is 0.0601. The maximum Gasteiger partial charge on any atom is 0.243 e. The van der Waals surface area contributed by atoms with Crippen molar-refractivity contribution in [1.29, 1.82) is 0 Å². The van der Waals surface area contributed by atoms with Crippen LogP contribution in [0.15, 0.2) is 18.2 Å². The van der Waals surface area contributed by atoms with Crippen molar-refractivity contribution in [2.45, 2.75) is 6.54 Å². The Hall–Kier alpha value is -1.59. The van der Waals surface area contributed by atoms with Crippen molar-refractivity contribution in [3.63, 3.8) is 0 Å². The number of benzene rings is 1. The number of fused-ring (bicyclic) bond motifs is 1. The smallest absolute Gasteiger partial charge is 0.243 e. The lowest BCUT2D eigenvalue weighted by atomic mass is 10.1. The van der Waals surface area contributed by atoms with Crippen LogP contribution < -0.4 is 15.5 Å². The number of likely N-dealkylation sites (N-methyl/N-ethyl adjacent to an activating group) is 1. The summed E-state index contributed by atoms with van der Waals surface area (Å²) in [6, 6.07) is 6.32. The molecule has 5 nitrogen and oxygen atoms in total. The minimum absolute atomic E-state index is 0.0601. The topological polar surface area (TPSA) is 47.6 Å². The van der Waals surface area contributed by atoms with Gasteiger partial charge in [-0.1, -0.05) is 6.07 Å². The van der Waals surface area contributed by atoms with E-state index in [1.165, 1.54) is 5.56 Å². The summed E-state index contributed by atoms with van der Waals surface area (Å²) in [5, 5.41) is 6.28. The molecule has 0 aromatic heterocycles. The minimum Gasteiger partial charge on any atom is -0.364 e. The monoisotopic (exact) mass is 260 g/mol. The Bertz CT molecular complexity index is 482. The van der Waals surface area contributed by atoms with E-state index in [1.807, 2.05) is 18.0 Å². The molecule has 0 atom stereocenters. The first-order chi connectivity index (χ1) is 9.22. The first-order valence-electron chi connectivity index (χ1n) is 6.79. The molecule has 2 aliphatic rings. The van der Waals surface area contributed by atoms with E-state index in [2.05, 4.69) is 27.7 Å². The summed E-state index contributed by atoms with van der Waals surface area (Å²) in [5.41, 5.74) is 3.35. The summed E-state index contributed by atoms with van der Waals surface area (Å²) in [6.07, 6.45) is 0. The molecule has 19 heavy (non-hydrogen) atoms. The molecule has 2 heterocycles. The molecular formula is C14H20N4O. The van der Waals surface area contributed by atoms with Crippen molar-refractivity contribution in [1.82, 2.24) is 10.2 Å². The van der Waals surface area contributed by atoms with Gasteiger partial charge in [-0.15, -0.1) is 0 Å². The molecule has 0 saturated carbocycles. The highest BCUT2D eigenvalue weighted by molar-refractivity contribution is 6.01. The molecule has 102 valence electrons. The van der Waals surface area contributed by atoms with Crippen molar-refractivity contribution in [3.8, 4) is 0 Å². The first kappa shape index (κ1) is 12.4. The van der Waals surface area contributed by atoms with Crippen molar-refractivity contribution in [3.05, 3.63) is 23.8 Å². The van der Waals surface area contributed by atoms with Gasteiger partial charge in [0.2, 0.25) is 5.91 Å². The third-order valence-electron chi connectivity index (χ3n) is 3.74. The van der Waals surface area contributed by atoms with Gasteiger partial charge in [-0.05, 0) is 17.7 Å². The third kappa shape index (κ3) is 2.72. The molecule has 0 spiro atoms. The van der Waals surface area contributed by atoms with E-state index >= 15 is 0 Å². The van der Waals surface area contributed by atoms with Crippen molar-refractivity contribution in [2.24, 2.45) is 0 Å². The molecule has 0 unspecified atom stereocenters. The largest absolute Gasteiger partial charge is 0.364 e. The van der Waals surface area contributed by atoms with E-state index in [0.717, 1.165) is 44.1 Å². The molecule has 0 aliphatic carbocycles. The zero-order valence-electron chi connectivity index (χ0n) is 11.3. The molecule has 1 saturated heterocycles. The number of hydrogen-bond acceptors (Lipinski definition) is 4. The van der Waals surface area contributed by atoms with Gasteiger partial charge in [-0.25, -0.2) is 0 Å². The second kappa shape index (κ2) is 5.19. The number of amides is 1. The Balaban J connectivity index is 1.77. The predicted molar refractivity (Wildman–Crippen MR) is 76.5 cm³/mol. The highest BCUT2D eigenvalue weighted by Crippen LogP contribution is 2.29. The van der Waals surface area contributed by atoms with Crippen molar-refractivity contribution < 1.29 is 4.79 Å². The quantitative estimate of drug-likeness (QED) is 0.812. The first-order valence-corrected chi connectivity index (χ1v) is 6.79. The van der Waals surface area contributed by atoms with E-state index < -0.39 is 0 Å². The molecule has 1 fully saturated rings. The van der Waals surface area contributed by atoms with E-state index in [9.17, 15) is 4.79 Å². The molecule has 1 aromatic carbocycles. The number of hydrogen-bond donors (Lipinski definition) is 2. The number of nitrogens with one attached hydrogen (secondary N) is 2. The molecule has 2 aliphatic heterocycles. The number of rotatable bonds is 2. The third-order valence-corrected chi connectivity index (χ3v) is 3.74. The lowest BCUT2D eigenvalue weighted by Crippen LogP contribution is -2.43. The summed E-state index contributed by atoms with van der Waals surface area (Å²) in [4.78, 5) is 15.9. The number of nitrogens with zero attached hydrogens (tertiary/aromatic N) is 2. The van der Waals surface area contributed by atoms with Crippen LogP contribution in [0.3, 0.4) is 0 Å². The van der Waals surface area contributed by atoms with Crippen LogP contribution in [0.1, 0.15) is 5.56 Å². The van der Waals surface area contributed by atoms with E-state index in [1.54, 1.807) is 0 Å². The Morgan fingerprint density at radius 1 is 1.26 bits per heavy atom. The Labute approximate surface area is 113 Å². The van der Waals surface area contributed by atoms with E-state index in [0.29, 0.717) is 6.54 Å². The average molecular weight is 260 g/mol. The van der Waals surface area contributed by atoms with Gasteiger partial charge in [0.25, 0.3) is 0 Å². The van der Waals surface area contributed by atoms with Gasteiger partial charge in [0.15, 0.2) is 0 Å². The molecule has 1 amide bonds. The molecule has 0 radical (unpaired) electrons. The van der Waals surface area contributed by atoms with Gasteiger partial charge >= 0.3 is 0 Å². The standard InChI is InChI=1S/C14H20N4O/c1-17-10-14(19)16-12-3-2-11(8-13(12)17)9-18-6-4-15-5-7-18/h2-3,8,15H,4-7,9-10H2,1H3,(H,16,19). The van der Waals surface area contributed by atoms with Crippen molar-refractivity contribution in [2.75, 3.05) is 50.0 Å². The van der Waals surface area contributed by atoms with Gasteiger partial charge in [0.1, 0.15) is 0 Å². The van der Waals surface area contributed by atoms with Crippen molar-refractivity contribution >= 4 is 17.3 Å². The van der Waals surface area contributed by atoms with Crippen LogP contribution in [0.2, 0.25) is 0 Å². The van der Waals surface area contributed by atoms with Crippen LogP contribution >= 0.6 is 0 Å². The lowest BCUT2D eigenvalue weighted by Gasteiger charge is -2.30. The highest BCUT2D eigenvalue weighted by Gasteiger charge is 2.19. The van der Waals surface area contributed by atoms with Crippen LogP contribution in [0.5, 0.6) is 0 Å². The normalized spacial score (nSPS) is 20.1. The summed E-state index contributed by atoms with van der Waals surface area (Å²) < 4.78 is 0. The fraction of sp³-hybridized carbons (Fsp3) is 0.500. The molecular weight excluding hydrogens is 240 g/mol. The van der Waals surface area contributed by atoms with Crippen LogP contribution in [0.4, 0.5) is 11.4 Å². The van der Waals surface area contributed by atoms with E-state index in [4.69, 9.17) is 0 Å². The number of piperazine rings is 1. The van der Waals surface area contributed by atoms with Gasteiger partial charge in [0.05, 0.1) is 17.9 Å². The summed E-state index contributed by atoms with van der Waals surface area (Å²) in [6.45, 7) is 5.76. The summed E-state index contributed by atoms with van der Waals surface area (Å²) >= 11 is 0.